The fourth-order valence-corrected chi connectivity index (χ4v) is 3.04. The van der Waals surface area contributed by atoms with Gasteiger partial charge in [-0.25, -0.2) is 9.97 Å². The summed E-state index contributed by atoms with van der Waals surface area (Å²) >= 11 is 0. The van der Waals surface area contributed by atoms with Gasteiger partial charge in [-0.1, -0.05) is 12.1 Å². The SMILES string of the molecule is CN(c1ccc2c(ccn2C)c1)c1nc(C(F)(F)F)nc2ccccc12. The first kappa shape index (κ1) is 16.4. The summed E-state index contributed by atoms with van der Waals surface area (Å²) in [6.07, 6.45) is -2.67. The summed E-state index contributed by atoms with van der Waals surface area (Å²) in [6, 6.07) is 14.4. The molecular weight excluding hydrogens is 341 g/mol. The monoisotopic (exact) mass is 356 g/mol. The Kier molecular flexibility index (Phi) is 3.61. The van der Waals surface area contributed by atoms with E-state index in [1.807, 2.05) is 42.1 Å². The molecule has 26 heavy (non-hydrogen) atoms. The molecule has 0 aliphatic rings. The van der Waals surface area contributed by atoms with Crippen molar-refractivity contribution in [3.8, 4) is 0 Å². The Hall–Kier alpha value is -3.09. The van der Waals surface area contributed by atoms with E-state index < -0.39 is 12.0 Å². The zero-order valence-electron chi connectivity index (χ0n) is 14.1. The summed E-state index contributed by atoms with van der Waals surface area (Å²) in [5.74, 6) is -0.919. The molecular formula is C19H15F3N4. The number of halogens is 3. The third-order valence-corrected chi connectivity index (χ3v) is 4.41. The van der Waals surface area contributed by atoms with Gasteiger partial charge in [-0.2, -0.15) is 13.2 Å². The Balaban J connectivity index is 1.90. The van der Waals surface area contributed by atoms with E-state index >= 15 is 0 Å². The molecule has 4 nitrogen and oxygen atoms in total. The molecule has 0 atom stereocenters. The number of anilines is 2. The Bertz CT molecular complexity index is 1110. The third kappa shape index (κ3) is 2.65. The number of nitrogens with zero attached hydrogens (tertiary/aromatic N) is 4. The topological polar surface area (TPSA) is 34.0 Å². The van der Waals surface area contributed by atoms with Crippen molar-refractivity contribution in [3.05, 3.63) is 60.6 Å². The normalized spacial score (nSPS) is 12.0. The lowest BCUT2D eigenvalue weighted by molar-refractivity contribution is -0.144. The van der Waals surface area contributed by atoms with Crippen LogP contribution in [0.15, 0.2) is 54.7 Å². The second kappa shape index (κ2) is 5.72. The molecule has 0 amide bonds. The maximum Gasteiger partial charge on any atom is 0.451 e. The highest BCUT2D eigenvalue weighted by molar-refractivity contribution is 5.93. The molecule has 0 aliphatic heterocycles. The number of alkyl halides is 3. The Morgan fingerprint density at radius 2 is 1.77 bits per heavy atom. The molecule has 0 bridgehead atoms. The van der Waals surface area contributed by atoms with Crippen LogP contribution in [0.4, 0.5) is 24.7 Å². The largest absolute Gasteiger partial charge is 0.451 e. The van der Waals surface area contributed by atoms with E-state index in [4.69, 9.17) is 0 Å². The quantitative estimate of drug-likeness (QED) is 0.512. The summed E-state index contributed by atoms with van der Waals surface area (Å²) < 4.78 is 41.7. The Morgan fingerprint density at radius 3 is 2.54 bits per heavy atom. The Labute approximate surface area is 147 Å². The van der Waals surface area contributed by atoms with Gasteiger partial charge in [0.2, 0.25) is 5.82 Å². The maximum absolute atomic E-state index is 13.2. The first-order valence-corrected chi connectivity index (χ1v) is 7.97. The van der Waals surface area contributed by atoms with Crippen molar-refractivity contribution in [3.63, 3.8) is 0 Å². The van der Waals surface area contributed by atoms with Gasteiger partial charge in [0.1, 0.15) is 5.82 Å². The lowest BCUT2D eigenvalue weighted by Gasteiger charge is -2.21. The van der Waals surface area contributed by atoms with E-state index in [2.05, 4.69) is 9.97 Å². The highest BCUT2D eigenvalue weighted by atomic mass is 19.4. The lowest BCUT2D eigenvalue weighted by atomic mass is 10.2. The molecule has 2 heterocycles. The minimum absolute atomic E-state index is 0.221. The maximum atomic E-state index is 13.2. The molecule has 0 saturated heterocycles. The van der Waals surface area contributed by atoms with Gasteiger partial charge < -0.3 is 9.47 Å². The number of rotatable bonds is 2. The van der Waals surface area contributed by atoms with Crippen LogP contribution in [0, 0.1) is 0 Å². The van der Waals surface area contributed by atoms with Gasteiger partial charge in [0.25, 0.3) is 0 Å². The van der Waals surface area contributed by atoms with Gasteiger partial charge >= 0.3 is 6.18 Å². The zero-order valence-corrected chi connectivity index (χ0v) is 14.1. The van der Waals surface area contributed by atoms with E-state index in [1.54, 1.807) is 36.2 Å². The molecule has 4 aromatic rings. The van der Waals surface area contributed by atoms with Crippen LogP contribution in [0.5, 0.6) is 0 Å². The van der Waals surface area contributed by atoms with Crippen LogP contribution in [-0.2, 0) is 13.2 Å². The van der Waals surface area contributed by atoms with Gasteiger partial charge in [-0.15, -0.1) is 0 Å². The molecule has 0 aliphatic carbocycles. The number of fused-ring (bicyclic) bond motifs is 2. The van der Waals surface area contributed by atoms with E-state index in [-0.39, 0.29) is 11.3 Å². The summed E-state index contributed by atoms with van der Waals surface area (Å²) in [5, 5.41) is 1.57. The van der Waals surface area contributed by atoms with Crippen molar-refractivity contribution in [1.29, 1.82) is 0 Å². The highest BCUT2D eigenvalue weighted by Crippen LogP contribution is 2.34. The van der Waals surface area contributed by atoms with Crippen molar-refractivity contribution in [2.45, 2.75) is 6.18 Å². The smallest absolute Gasteiger partial charge is 0.351 e. The lowest BCUT2D eigenvalue weighted by Crippen LogP contribution is -2.17. The molecule has 0 radical (unpaired) electrons. The molecule has 132 valence electrons. The zero-order chi connectivity index (χ0) is 18.5. The highest BCUT2D eigenvalue weighted by Gasteiger charge is 2.36. The molecule has 2 aromatic carbocycles. The molecule has 0 N–H and O–H groups in total. The van der Waals surface area contributed by atoms with Crippen LogP contribution in [0.25, 0.3) is 21.8 Å². The molecule has 0 spiro atoms. The predicted octanol–water partition coefficient (Wildman–Crippen LogP) is 4.91. The number of hydrogen-bond donors (Lipinski definition) is 0. The number of para-hydroxylation sites is 1. The summed E-state index contributed by atoms with van der Waals surface area (Å²) in [5.41, 5.74) is 2.06. The minimum atomic E-state index is -4.61. The van der Waals surface area contributed by atoms with Crippen molar-refractivity contribution in [2.75, 3.05) is 11.9 Å². The van der Waals surface area contributed by atoms with Crippen molar-refractivity contribution in [2.24, 2.45) is 7.05 Å². The minimum Gasteiger partial charge on any atom is -0.351 e. The fourth-order valence-electron chi connectivity index (χ4n) is 3.04. The van der Waals surface area contributed by atoms with Crippen molar-refractivity contribution >= 4 is 33.3 Å². The van der Waals surface area contributed by atoms with E-state index in [0.29, 0.717) is 5.39 Å². The first-order valence-electron chi connectivity index (χ1n) is 7.97. The summed E-state index contributed by atoms with van der Waals surface area (Å²) in [6.45, 7) is 0. The molecule has 2 aromatic heterocycles. The second-order valence-corrected chi connectivity index (χ2v) is 6.11. The van der Waals surface area contributed by atoms with Crippen LogP contribution in [-0.4, -0.2) is 21.6 Å². The van der Waals surface area contributed by atoms with Crippen molar-refractivity contribution < 1.29 is 13.2 Å². The first-order chi connectivity index (χ1) is 12.3. The van der Waals surface area contributed by atoms with Crippen LogP contribution in [0.3, 0.4) is 0 Å². The van der Waals surface area contributed by atoms with E-state index in [1.165, 1.54) is 0 Å². The van der Waals surface area contributed by atoms with Crippen molar-refractivity contribution in [1.82, 2.24) is 14.5 Å². The molecule has 0 unspecified atom stereocenters. The number of aromatic nitrogens is 3. The van der Waals surface area contributed by atoms with Gasteiger partial charge in [0.15, 0.2) is 0 Å². The standard InChI is InChI=1S/C19H15F3N4/c1-25-10-9-12-11-13(7-8-16(12)25)26(2)17-14-5-3-4-6-15(14)23-18(24-17)19(20,21)22/h3-11H,1-2H3. The van der Waals surface area contributed by atoms with E-state index in [9.17, 15) is 13.2 Å². The molecule has 7 heteroatoms. The number of aryl methyl sites for hydroxylation is 1. The second-order valence-electron chi connectivity index (χ2n) is 6.11. The average Bonchev–Trinajstić information content (AvgIpc) is 3.00. The molecule has 4 rings (SSSR count). The third-order valence-electron chi connectivity index (χ3n) is 4.41. The number of hydrogen-bond acceptors (Lipinski definition) is 3. The fraction of sp³-hybridized carbons (Fsp3) is 0.158. The van der Waals surface area contributed by atoms with E-state index in [0.717, 1.165) is 16.6 Å². The van der Waals surface area contributed by atoms with Crippen LogP contribution < -0.4 is 4.90 Å². The van der Waals surface area contributed by atoms with Gasteiger partial charge in [0, 0.05) is 42.3 Å². The van der Waals surface area contributed by atoms with Gasteiger partial charge in [0.05, 0.1) is 5.52 Å². The van der Waals surface area contributed by atoms with Crippen LogP contribution >= 0.6 is 0 Å². The molecule has 0 saturated carbocycles. The van der Waals surface area contributed by atoms with Crippen LogP contribution in [0.2, 0.25) is 0 Å². The van der Waals surface area contributed by atoms with Gasteiger partial charge in [-0.05, 0) is 36.4 Å². The summed E-state index contributed by atoms with van der Waals surface area (Å²) in [7, 11) is 3.65. The summed E-state index contributed by atoms with van der Waals surface area (Å²) in [4.78, 5) is 9.15. The molecule has 0 fully saturated rings. The Morgan fingerprint density at radius 1 is 1.00 bits per heavy atom. The average molecular weight is 356 g/mol. The number of benzene rings is 2. The predicted molar refractivity (Wildman–Crippen MR) is 95.5 cm³/mol. The van der Waals surface area contributed by atoms with Crippen LogP contribution in [0.1, 0.15) is 5.82 Å². The van der Waals surface area contributed by atoms with Gasteiger partial charge in [-0.3, -0.25) is 0 Å².